The fourth-order valence-electron chi connectivity index (χ4n) is 2.40. The van der Waals surface area contributed by atoms with Gasteiger partial charge in [0.25, 0.3) is 0 Å². The number of hydrogen-bond acceptors (Lipinski definition) is 3. The molecule has 0 aliphatic rings. The number of amides is 1. The normalized spacial score (nSPS) is 11.4. The van der Waals surface area contributed by atoms with Crippen LogP contribution in [0.5, 0.6) is 0 Å². The zero-order valence-corrected chi connectivity index (χ0v) is 15.0. The Labute approximate surface area is 147 Å². The van der Waals surface area contributed by atoms with E-state index in [9.17, 15) is 4.79 Å². The van der Waals surface area contributed by atoms with E-state index in [4.69, 9.17) is 11.6 Å². The molecule has 0 aliphatic carbocycles. The lowest BCUT2D eigenvalue weighted by Crippen LogP contribution is -2.31. The largest absolute Gasteiger partial charge is 0.351 e. The van der Waals surface area contributed by atoms with Crippen LogP contribution in [-0.4, -0.2) is 40.7 Å². The van der Waals surface area contributed by atoms with Gasteiger partial charge in [-0.25, -0.2) is 0 Å². The van der Waals surface area contributed by atoms with Gasteiger partial charge in [-0.1, -0.05) is 41.9 Å². The van der Waals surface area contributed by atoms with Crippen molar-refractivity contribution in [3.63, 3.8) is 0 Å². The van der Waals surface area contributed by atoms with Crippen LogP contribution in [0, 0.1) is 6.92 Å². The van der Waals surface area contributed by atoms with Gasteiger partial charge in [0.1, 0.15) is 5.15 Å². The number of hydrogen-bond donors (Lipinski definition) is 1. The molecule has 0 saturated heterocycles. The third kappa shape index (κ3) is 5.22. The van der Waals surface area contributed by atoms with E-state index in [2.05, 4.69) is 27.4 Å². The fraction of sp³-hybridized carbons (Fsp3) is 0.333. The van der Waals surface area contributed by atoms with E-state index >= 15 is 0 Å². The summed E-state index contributed by atoms with van der Waals surface area (Å²) >= 11 is 6.13. The average Bonchev–Trinajstić information content (AvgIpc) is 2.79. The zero-order chi connectivity index (χ0) is 17.5. The summed E-state index contributed by atoms with van der Waals surface area (Å²) in [6.45, 7) is 4.09. The number of aryl methyl sites for hydroxylation is 2. The predicted octanol–water partition coefficient (Wildman–Crippen LogP) is 2.64. The van der Waals surface area contributed by atoms with Gasteiger partial charge in [-0.15, -0.1) is 0 Å². The molecule has 0 saturated carbocycles. The van der Waals surface area contributed by atoms with Gasteiger partial charge < -0.3 is 10.2 Å². The summed E-state index contributed by atoms with van der Waals surface area (Å²) in [7, 11) is 3.81. The molecule has 128 valence electrons. The lowest BCUT2D eigenvalue weighted by molar-refractivity contribution is -0.116. The van der Waals surface area contributed by atoms with Crippen molar-refractivity contribution in [2.24, 2.45) is 7.05 Å². The predicted molar refractivity (Wildman–Crippen MR) is 97.8 cm³/mol. The summed E-state index contributed by atoms with van der Waals surface area (Å²) in [4.78, 5) is 14.1. The first-order chi connectivity index (χ1) is 11.5. The number of halogens is 1. The monoisotopic (exact) mass is 346 g/mol. The Morgan fingerprint density at radius 3 is 2.71 bits per heavy atom. The van der Waals surface area contributed by atoms with Crippen LogP contribution in [0.2, 0.25) is 5.15 Å². The van der Waals surface area contributed by atoms with E-state index in [1.807, 2.05) is 32.2 Å². The smallest absolute Gasteiger partial charge is 0.244 e. The Kier molecular flexibility index (Phi) is 6.58. The van der Waals surface area contributed by atoms with Crippen LogP contribution in [-0.2, 0) is 18.4 Å². The van der Waals surface area contributed by atoms with E-state index in [1.165, 1.54) is 11.6 Å². The van der Waals surface area contributed by atoms with Gasteiger partial charge in [0.15, 0.2) is 0 Å². The molecule has 0 fully saturated rings. The van der Waals surface area contributed by atoms with Crippen LogP contribution in [0.15, 0.2) is 36.4 Å². The molecule has 1 aromatic carbocycles. The second kappa shape index (κ2) is 8.66. The number of nitrogens with one attached hydrogen (secondary N) is 1. The molecule has 2 aromatic rings. The van der Waals surface area contributed by atoms with Crippen molar-refractivity contribution in [1.82, 2.24) is 20.0 Å². The molecule has 1 heterocycles. The molecule has 6 heteroatoms. The SMILES string of the molecule is Cc1nn(C)c(Cl)c1/C=C/C(=O)NCCN(C)Cc1ccccc1. The molecular formula is C18H23ClN4O. The first kappa shape index (κ1) is 18.2. The molecule has 24 heavy (non-hydrogen) atoms. The summed E-state index contributed by atoms with van der Waals surface area (Å²) < 4.78 is 1.59. The Hall–Kier alpha value is -2.11. The van der Waals surface area contributed by atoms with Gasteiger partial charge in [-0.3, -0.25) is 9.48 Å². The molecule has 1 aromatic heterocycles. The number of carbonyl (C=O) groups is 1. The van der Waals surface area contributed by atoms with Crippen molar-refractivity contribution in [2.45, 2.75) is 13.5 Å². The standard InChI is InChI=1S/C18H23ClN4O/c1-14-16(18(19)23(3)21-14)9-10-17(24)20-11-12-22(2)13-15-7-5-4-6-8-15/h4-10H,11-13H2,1-3H3,(H,20,24)/b10-9+. The van der Waals surface area contributed by atoms with Gasteiger partial charge >= 0.3 is 0 Å². The molecule has 0 unspecified atom stereocenters. The molecule has 0 atom stereocenters. The highest BCUT2D eigenvalue weighted by molar-refractivity contribution is 6.31. The van der Waals surface area contributed by atoms with Gasteiger partial charge in [0.2, 0.25) is 5.91 Å². The number of benzene rings is 1. The Morgan fingerprint density at radius 1 is 1.38 bits per heavy atom. The summed E-state index contributed by atoms with van der Waals surface area (Å²) in [5.41, 5.74) is 2.83. The number of aromatic nitrogens is 2. The van der Waals surface area contributed by atoms with Crippen LogP contribution < -0.4 is 5.32 Å². The van der Waals surface area contributed by atoms with Gasteiger partial charge in [-0.2, -0.15) is 5.10 Å². The van der Waals surface area contributed by atoms with E-state index in [-0.39, 0.29) is 5.91 Å². The Balaban J connectivity index is 1.76. The number of likely N-dealkylation sites (N-methyl/N-ethyl adjacent to an activating group) is 1. The first-order valence-electron chi connectivity index (χ1n) is 7.85. The molecule has 1 N–H and O–H groups in total. The highest BCUT2D eigenvalue weighted by Crippen LogP contribution is 2.19. The van der Waals surface area contributed by atoms with Gasteiger partial charge in [-0.05, 0) is 25.6 Å². The van der Waals surface area contributed by atoms with E-state index in [0.29, 0.717) is 11.7 Å². The Morgan fingerprint density at radius 2 is 2.08 bits per heavy atom. The lowest BCUT2D eigenvalue weighted by atomic mass is 10.2. The maximum absolute atomic E-state index is 11.9. The summed E-state index contributed by atoms with van der Waals surface area (Å²) in [6.07, 6.45) is 3.20. The van der Waals surface area contributed by atoms with Crippen molar-refractivity contribution in [3.05, 3.63) is 58.4 Å². The quantitative estimate of drug-likeness (QED) is 0.784. The van der Waals surface area contributed by atoms with E-state index in [0.717, 1.165) is 24.3 Å². The van der Waals surface area contributed by atoms with Gasteiger partial charge in [0.05, 0.1) is 5.69 Å². The first-order valence-corrected chi connectivity index (χ1v) is 8.22. The van der Waals surface area contributed by atoms with Crippen molar-refractivity contribution in [2.75, 3.05) is 20.1 Å². The van der Waals surface area contributed by atoms with Crippen molar-refractivity contribution in [3.8, 4) is 0 Å². The summed E-state index contributed by atoms with van der Waals surface area (Å²) in [6, 6.07) is 10.3. The summed E-state index contributed by atoms with van der Waals surface area (Å²) in [5.74, 6) is -0.137. The zero-order valence-electron chi connectivity index (χ0n) is 14.3. The molecule has 0 spiro atoms. The molecule has 0 aliphatic heterocycles. The topological polar surface area (TPSA) is 50.2 Å². The fourth-order valence-corrected chi connectivity index (χ4v) is 2.64. The average molecular weight is 347 g/mol. The maximum atomic E-state index is 11.9. The van der Waals surface area contributed by atoms with Crippen molar-refractivity contribution >= 4 is 23.6 Å². The number of carbonyl (C=O) groups excluding carboxylic acids is 1. The highest BCUT2D eigenvalue weighted by atomic mass is 35.5. The van der Waals surface area contributed by atoms with Crippen LogP contribution in [0.1, 0.15) is 16.8 Å². The van der Waals surface area contributed by atoms with Crippen LogP contribution in [0.4, 0.5) is 0 Å². The highest BCUT2D eigenvalue weighted by Gasteiger charge is 2.08. The van der Waals surface area contributed by atoms with E-state index in [1.54, 1.807) is 17.8 Å². The minimum atomic E-state index is -0.137. The number of nitrogens with zero attached hydrogens (tertiary/aromatic N) is 3. The molecule has 2 rings (SSSR count). The van der Waals surface area contributed by atoms with Crippen molar-refractivity contribution < 1.29 is 4.79 Å². The lowest BCUT2D eigenvalue weighted by Gasteiger charge is -2.16. The minimum Gasteiger partial charge on any atom is -0.351 e. The maximum Gasteiger partial charge on any atom is 0.244 e. The second-order valence-electron chi connectivity index (χ2n) is 5.76. The van der Waals surface area contributed by atoms with Crippen molar-refractivity contribution in [1.29, 1.82) is 0 Å². The molecule has 1 amide bonds. The minimum absolute atomic E-state index is 0.137. The third-order valence-corrected chi connectivity index (χ3v) is 4.13. The van der Waals surface area contributed by atoms with Crippen LogP contribution >= 0.6 is 11.6 Å². The van der Waals surface area contributed by atoms with Gasteiger partial charge in [0, 0.05) is 38.3 Å². The molecule has 5 nitrogen and oxygen atoms in total. The molecule has 0 bridgehead atoms. The third-order valence-electron chi connectivity index (χ3n) is 3.69. The van der Waals surface area contributed by atoms with E-state index < -0.39 is 0 Å². The number of rotatable bonds is 7. The van der Waals surface area contributed by atoms with Crippen LogP contribution in [0.3, 0.4) is 0 Å². The molecule has 0 radical (unpaired) electrons. The Bertz CT molecular complexity index is 709. The molecular weight excluding hydrogens is 324 g/mol. The van der Waals surface area contributed by atoms with Crippen LogP contribution in [0.25, 0.3) is 6.08 Å². The second-order valence-corrected chi connectivity index (χ2v) is 6.12. The summed E-state index contributed by atoms with van der Waals surface area (Å²) in [5, 5.41) is 7.61.